The molecule has 1 aliphatic rings. The van der Waals surface area contributed by atoms with Gasteiger partial charge in [-0.15, -0.1) is 11.3 Å². The van der Waals surface area contributed by atoms with Crippen molar-refractivity contribution in [2.24, 2.45) is 4.99 Å². The van der Waals surface area contributed by atoms with E-state index in [4.69, 9.17) is 4.99 Å². The van der Waals surface area contributed by atoms with Crippen LogP contribution in [0.3, 0.4) is 0 Å². The molecule has 4 heteroatoms. The fourth-order valence-corrected chi connectivity index (χ4v) is 3.30. The molecule has 0 spiro atoms. The van der Waals surface area contributed by atoms with Crippen molar-refractivity contribution in [2.75, 3.05) is 13.6 Å². The highest BCUT2D eigenvalue weighted by molar-refractivity contribution is 7.10. The minimum Gasteiger partial charge on any atom is -0.363 e. The third kappa shape index (κ3) is 2.90. The minimum absolute atomic E-state index is 0.0340. The summed E-state index contributed by atoms with van der Waals surface area (Å²) in [6.07, 6.45) is 5.43. The van der Waals surface area contributed by atoms with E-state index >= 15 is 0 Å². The van der Waals surface area contributed by atoms with Gasteiger partial charge in [-0.25, -0.2) is 0 Å². The maximum absolute atomic E-state index is 5.02. The predicted octanol–water partition coefficient (Wildman–Crippen LogP) is 3.75. The first-order chi connectivity index (χ1) is 9.84. The summed E-state index contributed by atoms with van der Waals surface area (Å²) in [6.45, 7) is 1.11. The van der Waals surface area contributed by atoms with Gasteiger partial charge in [0.25, 0.3) is 0 Å². The molecule has 2 aromatic rings. The number of aromatic nitrogens is 1. The third-order valence-corrected chi connectivity index (χ3v) is 4.57. The Labute approximate surface area is 124 Å². The van der Waals surface area contributed by atoms with E-state index in [2.05, 4.69) is 40.5 Å². The minimum atomic E-state index is 0.0340. The molecule has 104 valence electrons. The number of piperidine rings is 1. The standard InChI is InChI=1S/C16H19N3S/c1-19-11-5-3-9-15(19)18-16(14-8-6-12-20-14)13-7-2-4-10-17-13/h2,4,6-8,10,12,16H,3,5,9,11H2,1H3. The fourth-order valence-electron chi connectivity index (χ4n) is 2.52. The maximum atomic E-state index is 5.02. The van der Waals surface area contributed by atoms with Crippen LogP contribution < -0.4 is 0 Å². The summed E-state index contributed by atoms with van der Waals surface area (Å²) in [5.41, 5.74) is 1.03. The van der Waals surface area contributed by atoms with E-state index in [0.29, 0.717) is 0 Å². The van der Waals surface area contributed by atoms with Crippen LogP contribution in [0.5, 0.6) is 0 Å². The Bertz CT molecular complexity index is 563. The van der Waals surface area contributed by atoms with Gasteiger partial charge in [-0.1, -0.05) is 12.1 Å². The Hall–Kier alpha value is -1.68. The lowest BCUT2D eigenvalue weighted by atomic mass is 10.1. The number of hydrogen-bond acceptors (Lipinski definition) is 3. The van der Waals surface area contributed by atoms with Gasteiger partial charge in [0.2, 0.25) is 0 Å². The smallest absolute Gasteiger partial charge is 0.128 e. The van der Waals surface area contributed by atoms with Crippen molar-refractivity contribution in [1.29, 1.82) is 0 Å². The van der Waals surface area contributed by atoms with Gasteiger partial charge in [-0.2, -0.15) is 0 Å². The molecule has 0 aromatic carbocycles. The maximum Gasteiger partial charge on any atom is 0.128 e. The number of hydrogen-bond donors (Lipinski definition) is 0. The number of rotatable bonds is 3. The number of likely N-dealkylation sites (tertiary alicyclic amines) is 1. The van der Waals surface area contributed by atoms with Gasteiger partial charge in [0.15, 0.2) is 0 Å². The number of amidine groups is 1. The molecule has 3 rings (SSSR count). The highest BCUT2D eigenvalue weighted by Crippen LogP contribution is 2.29. The quantitative estimate of drug-likeness (QED) is 0.859. The Kier molecular flexibility index (Phi) is 4.11. The van der Waals surface area contributed by atoms with Gasteiger partial charge < -0.3 is 4.90 Å². The Morgan fingerprint density at radius 1 is 1.25 bits per heavy atom. The van der Waals surface area contributed by atoms with E-state index in [1.165, 1.54) is 23.6 Å². The molecule has 0 N–H and O–H groups in total. The summed E-state index contributed by atoms with van der Waals surface area (Å²) in [7, 11) is 2.14. The number of nitrogens with zero attached hydrogens (tertiary/aromatic N) is 3. The topological polar surface area (TPSA) is 28.5 Å². The number of thiophene rings is 1. The molecule has 2 aromatic heterocycles. The molecular weight excluding hydrogens is 266 g/mol. The van der Waals surface area contributed by atoms with Crippen molar-refractivity contribution in [3.63, 3.8) is 0 Å². The molecule has 1 saturated heterocycles. The summed E-state index contributed by atoms with van der Waals surface area (Å²) in [5, 5.41) is 2.11. The highest BCUT2D eigenvalue weighted by Gasteiger charge is 2.19. The van der Waals surface area contributed by atoms with Crippen molar-refractivity contribution in [3.05, 3.63) is 52.5 Å². The van der Waals surface area contributed by atoms with E-state index < -0.39 is 0 Å². The van der Waals surface area contributed by atoms with Crippen molar-refractivity contribution in [3.8, 4) is 0 Å². The fraction of sp³-hybridized carbons (Fsp3) is 0.375. The Balaban J connectivity index is 1.96. The molecule has 0 amide bonds. The average molecular weight is 285 g/mol. The summed E-state index contributed by atoms with van der Waals surface area (Å²) in [6, 6.07) is 10.3. The lowest BCUT2D eigenvalue weighted by Crippen LogP contribution is -2.32. The van der Waals surface area contributed by atoms with Gasteiger partial charge in [-0.3, -0.25) is 9.98 Å². The second-order valence-corrected chi connectivity index (χ2v) is 6.08. The van der Waals surface area contributed by atoms with Crippen LogP contribution in [0.2, 0.25) is 0 Å². The second kappa shape index (κ2) is 6.18. The SMILES string of the molecule is CN1CCCCC1=NC(c1ccccn1)c1cccs1. The van der Waals surface area contributed by atoms with Crippen LogP contribution in [0.25, 0.3) is 0 Å². The summed E-state index contributed by atoms with van der Waals surface area (Å²) < 4.78 is 0. The van der Waals surface area contributed by atoms with Gasteiger partial charge in [0, 0.05) is 31.1 Å². The lowest BCUT2D eigenvalue weighted by molar-refractivity contribution is 0.430. The van der Waals surface area contributed by atoms with Crippen LogP contribution in [0, 0.1) is 0 Å². The van der Waals surface area contributed by atoms with Crippen LogP contribution >= 0.6 is 11.3 Å². The normalized spacial score (nSPS) is 19.2. The first-order valence-electron chi connectivity index (χ1n) is 7.07. The van der Waals surface area contributed by atoms with Gasteiger partial charge in [0.1, 0.15) is 6.04 Å². The molecule has 0 radical (unpaired) electrons. The van der Waals surface area contributed by atoms with Gasteiger partial charge >= 0.3 is 0 Å². The first kappa shape index (κ1) is 13.3. The largest absolute Gasteiger partial charge is 0.363 e. The molecule has 3 nitrogen and oxygen atoms in total. The zero-order valence-corrected chi connectivity index (χ0v) is 12.5. The molecule has 0 aliphatic carbocycles. The van der Waals surface area contributed by atoms with E-state index in [-0.39, 0.29) is 6.04 Å². The average Bonchev–Trinajstić information content (AvgIpc) is 3.01. The van der Waals surface area contributed by atoms with E-state index in [9.17, 15) is 0 Å². The van der Waals surface area contributed by atoms with Gasteiger partial charge in [-0.05, 0) is 36.4 Å². The van der Waals surface area contributed by atoms with E-state index in [0.717, 1.165) is 18.7 Å². The van der Waals surface area contributed by atoms with Crippen molar-refractivity contribution >= 4 is 17.2 Å². The predicted molar refractivity (Wildman–Crippen MR) is 84.3 cm³/mol. The van der Waals surface area contributed by atoms with E-state index in [1.54, 1.807) is 11.3 Å². The first-order valence-corrected chi connectivity index (χ1v) is 7.95. The monoisotopic (exact) mass is 285 g/mol. The van der Waals surface area contributed by atoms with Crippen LogP contribution in [0.15, 0.2) is 46.9 Å². The molecule has 3 heterocycles. The number of pyridine rings is 1. The molecule has 0 saturated carbocycles. The molecule has 1 fully saturated rings. The van der Waals surface area contributed by atoms with Crippen molar-refractivity contribution in [2.45, 2.75) is 25.3 Å². The molecule has 1 atom stereocenters. The van der Waals surface area contributed by atoms with Gasteiger partial charge in [0.05, 0.1) is 11.5 Å². The van der Waals surface area contributed by atoms with Crippen molar-refractivity contribution < 1.29 is 0 Å². The summed E-state index contributed by atoms with van der Waals surface area (Å²) in [4.78, 5) is 13.1. The molecular formula is C16H19N3S. The lowest BCUT2D eigenvalue weighted by Gasteiger charge is -2.27. The Morgan fingerprint density at radius 2 is 2.20 bits per heavy atom. The second-order valence-electron chi connectivity index (χ2n) is 5.10. The van der Waals surface area contributed by atoms with Crippen LogP contribution in [-0.4, -0.2) is 29.3 Å². The van der Waals surface area contributed by atoms with Crippen LogP contribution in [-0.2, 0) is 0 Å². The van der Waals surface area contributed by atoms with Crippen LogP contribution in [0.1, 0.15) is 35.9 Å². The van der Waals surface area contributed by atoms with E-state index in [1.807, 2.05) is 18.3 Å². The molecule has 20 heavy (non-hydrogen) atoms. The third-order valence-electron chi connectivity index (χ3n) is 3.64. The van der Waals surface area contributed by atoms with Crippen LogP contribution in [0.4, 0.5) is 0 Å². The number of aliphatic imine (C=N–C) groups is 1. The highest BCUT2D eigenvalue weighted by atomic mass is 32.1. The Morgan fingerprint density at radius 3 is 2.90 bits per heavy atom. The van der Waals surface area contributed by atoms with Crippen molar-refractivity contribution in [1.82, 2.24) is 9.88 Å². The molecule has 1 unspecified atom stereocenters. The molecule has 1 aliphatic heterocycles. The molecule has 0 bridgehead atoms. The zero-order chi connectivity index (χ0) is 13.8. The zero-order valence-electron chi connectivity index (χ0n) is 11.7. The summed E-state index contributed by atoms with van der Waals surface area (Å²) in [5.74, 6) is 1.21. The summed E-state index contributed by atoms with van der Waals surface area (Å²) >= 11 is 1.75.